The van der Waals surface area contributed by atoms with E-state index < -0.39 is 6.16 Å². The van der Waals surface area contributed by atoms with Gasteiger partial charge in [-0.1, -0.05) is 30.3 Å². The van der Waals surface area contributed by atoms with Crippen LogP contribution in [0.15, 0.2) is 42.5 Å². The Balaban J connectivity index is 2.12. The number of carbonyl (C=O) groups is 1. The molecule has 0 amide bonds. The molecule has 0 atom stereocenters. The summed E-state index contributed by atoms with van der Waals surface area (Å²) in [5.41, 5.74) is 1.70. The van der Waals surface area contributed by atoms with E-state index in [1.165, 1.54) is 0 Å². The van der Waals surface area contributed by atoms with Crippen molar-refractivity contribution in [1.82, 2.24) is 4.98 Å². The molecule has 0 aliphatic carbocycles. The zero-order valence-electron chi connectivity index (χ0n) is 15.9. The smallest absolute Gasteiger partial charge is 0.493 e. The van der Waals surface area contributed by atoms with E-state index in [9.17, 15) is 4.79 Å². The molecule has 0 aliphatic heterocycles. The normalized spacial score (nSPS) is 10.5. The average Bonchev–Trinajstić information content (AvgIpc) is 2.70. The average molecular weight is 383 g/mol. The van der Waals surface area contributed by atoms with E-state index in [-0.39, 0.29) is 11.6 Å². The molecular weight excluding hydrogens is 362 g/mol. The van der Waals surface area contributed by atoms with E-state index in [4.69, 9.17) is 24.1 Å². The first-order valence-corrected chi connectivity index (χ1v) is 8.73. The number of hydrogen-bond acceptors (Lipinski definition) is 6. The number of ether oxygens (including phenoxy) is 4. The van der Waals surface area contributed by atoms with Gasteiger partial charge in [0.15, 0.2) is 11.5 Å². The highest BCUT2D eigenvalue weighted by Gasteiger charge is 2.19. The molecule has 7 nitrogen and oxygen atoms in total. The summed E-state index contributed by atoms with van der Waals surface area (Å²) in [6.07, 6.45) is -0.922. The molecule has 0 spiro atoms. The third-order valence-corrected chi connectivity index (χ3v) is 4.20. The summed E-state index contributed by atoms with van der Waals surface area (Å²) < 4.78 is 21.2. The fourth-order valence-electron chi connectivity index (χ4n) is 3.02. The maximum absolute atomic E-state index is 11.1. The Bertz CT molecular complexity index is 1000. The molecule has 0 aliphatic rings. The van der Waals surface area contributed by atoms with Crippen molar-refractivity contribution in [3.05, 3.63) is 53.7 Å². The van der Waals surface area contributed by atoms with E-state index >= 15 is 0 Å². The van der Waals surface area contributed by atoms with Gasteiger partial charge in [-0.25, -0.2) is 9.78 Å². The first-order chi connectivity index (χ1) is 13.6. The predicted molar refractivity (Wildman–Crippen MR) is 104 cm³/mol. The molecule has 3 rings (SSSR count). The molecule has 0 saturated heterocycles. The fraction of sp³-hybridized carbons (Fsp3) is 0.238. The Morgan fingerprint density at radius 1 is 1.04 bits per heavy atom. The minimum absolute atomic E-state index is 0.0982. The lowest BCUT2D eigenvalue weighted by Crippen LogP contribution is -2.08. The Morgan fingerprint density at radius 3 is 2.39 bits per heavy atom. The van der Waals surface area contributed by atoms with Gasteiger partial charge in [0.1, 0.15) is 0 Å². The second kappa shape index (κ2) is 8.47. The van der Waals surface area contributed by atoms with Crippen LogP contribution < -0.4 is 18.9 Å². The quantitative estimate of drug-likeness (QED) is 0.609. The van der Waals surface area contributed by atoms with Crippen LogP contribution >= 0.6 is 0 Å². The maximum atomic E-state index is 11.1. The van der Waals surface area contributed by atoms with Crippen LogP contribution in [0.2, 0.25) is 0 Å². The first-order valence-electron chi connectivity index (χ1n) is 8.73. The molecule has 0 bridgehead atoms. The number of pyridine rings is 1. The summed E-state index contributed by atoms with van der Waals surface area (Å²) in [6.45, 7) is 2.13. The van der Waals surface area contributed by atoms with Crippen LogP contribution in [0.25, 0.3) is 10.8 Å². The number of methoxy groups -OCH3 is 2. The third-order valence-electron chi connectivity index (χ3n) is 4.20. The standard InChI is InChI=1S/C21H21NO6/c1-4-27-20-19(28-21(23)24)15-8-6-5-7-14(15)16(22-20)11-13-9-10-17(25-2)18(12-13)26-3/h5-10,12H,4,11H2,1-3H3,(H,23,24). The predicted octanol–water partition coefficient (Wildman–Crippen LogP) is 4.30. The fourth-order valence-corrected chi connectivity index (χ4v) is 3.02. The number of carboxylic acid groups (broad SMARTS) is 1. The molecule has 1 aromatic heterocycles. The number of rotatable bonds is 7. The summed E-state index contributed by atoms with van der Waals surface area (Å²) in [7, 11) is 3.17. The van der Waals surface area contributed by atoms with Crippen LogP contribution in [0.5, 0.6) is 23.1 Å². The van der Waals surface area contributed by atoms with Crippen LogP contribution in [0.3, 0.4) is 0 Å². The molecule has 7 heteroatoms. The first kappa shape index (κ1) is 19.3. The summed E-state index contributed by atoms with van der Waals surface area (Å²) in [4.78, 5) is 15.7. The topological polar surface area (TPSA) is 87.1 Å². The highest BCUT2D eigenvalue weighted by atomic mass is 16.7. The Kier molecular flexibility index (Phi) is 5.84. The number of benzene rings is 2. The van der Waals surface area contributed by atoms with Crippen LogP contribution in [-0.4, -0.2) is 37.1 Å². The van der Waals surface area contributed by atoms with Gasteiger partial charge in [0.25, 0.3) is 5.88 Å². The van der Waals surface area contributed by atoms with Gasteiger partial charge < -0.3 is 24.1 Å². The summed E-state index contributed by atoms with van der Waals surface area (Å²) in [5.74, 6) is 1.52. The molecule has 0 fully saturated rings. The van der Waals surface area contributed by atoms with Gasteiger partial charge >= 0.3 is 6.16 Å². The third kappa shape index (κ3) is 3.93. The zero-order chi connectivity index (χ0) is 20.1. The highest BCUT2D eigenvalue weighted by Crippen LogP contribution is 2.37. The highest BCUT2D eigenvalue weighted by molar-refractivity contribution is 5.93. The molecule has 2 aromatic carbocycles. The van der Waals surface area contributed by atoms with Gasteiger partial charge in [-0.3, -0.25) is 0 Å². The lowest BCUT2D eigenvalue weighted by atomic mass is 10.0. The van der Waals surface area contributed by atoms with E-state index in [2.05, 4.69) is 4.98 Å². The van der Waals surface area contributed by atoms with E-state index in [0.29, 0.717) is 29.9 Å². The number of hydrogen-bond donors (Lipinski definition) is 1. The summed E-state index contributed by atoms with van der Waals surface area (Å²) in [6, 6.07) is 13.0. The number of nitrogens with zero attached hydrogens (tertiary/aromatic N) is 1. The Morgan fingerprint density at radius 2 is 1.75 bits per heavy atom. The minimum atomic E-state index is -1.42. The number of aromatic nitrogens is 1. The molecule has 3 aromatic rings. The van der Waals surface area contributed by atoms with Crippen molar-refractivity contribution in [3.8, 4) is 23.1 Å². The van der Waals surface area contributed by atoms with Gasteiger partial charge in [0.2, 0.25) is 5.75 Å². The minimum Gasteiger partial charge on any atom is -0.493 e. The monoisotopic (exact) mass is 383 g/mol. The van der Waals surface area contributed by atoms with Crippen molar-refractivity contribution in [2.75, 3.05) is 20.8 Å². The van der Waals surface area contributed by atoms with Crippen LogP contribution in [-0.2, 0) is 6.42 Å². The zero-order valence-corrected chi connectivity index (χ0v) is 15.9. The lowest BCUT2D eigenvalue weighted by molar-refractivity contribution is 0.142. The second-order valence-corrected chi connectivity index (χ2v) is 5.91. The van der Waals surface area contributed by atoms with E-state index in [0.717, 1.165) is 16.6 Å². The molecule has 0 unspecified atom stereocenters. The maximum Gasteiger partial charge on any atom is 0.511 e. The van der Waals surface area contributed by atoms with Gasteiger partial charge in [-0.05, 0) is 24.6 Å². The van der Waals surface area contributed by atoms with Crippen molar-refractivity contribution >= 4 is 16.9 Å². The van der Waals surface area contributed by atoms with E-state index in [1.54, 1.807) is 27.2 Å². The van der Waals surface area contributed by atoms with Gasteiger partial charge in [0.05, 0.1) is 26.5 Å². The molecule has 28 heavy (non-hydrogen) atoms. The van der Waals surface area contributed by atoms with Crippen molar-refractivity contribution in [3.63, 3.8) is 0 Å². The SMILES string of the molecule is CCOc1nc(Cc2ccc(OC)c(OC)c2)c2ccccc2c1OC(=O)O. The Labute approximate surface area is 162 Å². The Hall–Kier alpha value is -3.48. The van der Waals surface area contributed by atoms with E-state index in [1.807, 2.05) is 36.4 Å². The van der Waals surface area contributed by atoms with Gasteiger partial charge in [0, 0.05) is 17.2 Å². The molecule has 1 heterocycles. The van der Waals surface area contributed by atoms with Gasteiger partial charge in [-0.15, -0.1) is 0 Å². The molecule has 0 saturated carbocycles. The van der Waals surface area contributed by atoms with Crippen molar-refractivity contribution in [2.24, 2.45) is 0 Å². The van der Waals surface area contributed by atoms with Crippen molar-refractivity contribution in [1.29, 1.82) is 0 Å². The summed E-state index contributed by atoms with van der Waals surface area (Å²) >= 11 is 0. The summed E-state index contributed by atoms with van der Waals surface area (Å²) in [5, 5.41) is 10.5. The number of fused-ring (bicyclic) bond motifs is 1. The van der Waals surface area contributed by atoms with Crippen molar-refractivity contribution in [2.45, 2.75) is 13.3 Å². The van der Waals surface area contributed by atoms with Crippen molar-refractivity contribution < 1.29 is 28.8 Å². The van der Waals surface area contributed by atoms with Gasteiger partial charge in [-0.2, -0.15) is 0 Å². The molecule has 1 N–H and O–H groups in total. The largest absolute Gasteiger partial charge is 0.511 e. The second-order valence-electron chi connectivity index (χ2n) is 5.91. The molecule has 146 valence electrons. The van der Waals surface area contributed by atoms with Crippen LogP contribution in [0, 0.1) is 0 Å². The van der Waals surface area contributed by atoms with Crippen LogP contribution in [0.1, 0.15) is 18.2 Å². The van der Waals surface area contributed by atoms with Crippen LogP contribution in [0.4, 0.5) is 4.79 Å². The lowest BCUT2D eigenvalue weighted by Gasteiger charge is -2.15. The molecular formula is C21H21NO6. The molecule has 0 radical (unpaired) electrons.